The van der Waals surface area contributed by atoms with E-state index in [1.54, 1.807) is 24.3 Å². The van der Waals surface area contributed by atoms with Crippen LogP contribution in [-0.4, -0.2) is 71.0 Å². The second-order valence-corrected chi connectivity index (χ2v) is 9.40. The number of amides is 1. The first-order valence-electron chi connectivity index (χ1n) is 9.45. The average molecular weight is 383 g/mol. The zero-order valence-corrected chi connectivity index (χ0v) is 16.4. The van der Waals surface area contributed by atoms with Gasteiger partial charge in [-0.15, -0.1) is 0 Å². The van der Waals surface area contributed by atoms with Crippen molar-refractivity contribution in [3.05, 3.63) is 24.3 Å². The molecule has 2 heterocycles. The largest absolute Gasteiger partial charge is 0.328 e. The Labute approximate surface area is 156 Å². The molecule has 3 rings (SSSR count). The Morgan fingerprint density at radius 2 is 1.65 bits per heavy atom. The summed E-state index contributed by atoms with van der Waals surface area (Å²) >= 11 is 0. The van der Waals surface area contributed by atoms with Crippen molar-refractivity contribution in [3.63, 3.8) is 0 Å². The van der Waals surface area contributed by atoms with E-state index in [4.69, 9.17) is 0 Å². The molecule has 0 aromatic heterocycles. The Hall–Kier alpha value is -1.48. The molecule has 1 aromatic carbocycles. The second-order valence-electron chi connectivity index (χ2n) is 7.46. The highest BCUT2D eigenvalue weighted by atomic mass is 32.2. The van der Waals surface area contributed by atoms with Crippen molar-refractivity contribution in [2.24, 2.45) is 0 Å². The predicted octanol–water partition coefficient (Wildman–Crippen LogP) is -1.79. The standard InChI is InChI=1S/C18H28N4O3S/c1-15(21-13-11-20(2)12-14-21)18(23)19-16-5-7-17(8-6-16)26(24,25)22-9-3-4-10-22/h5-8,15H,3-4,9-14H2,1-2H3,(H,19,23)/p+2/t15-/m0/s1. The fourth-order valence-corrected chi connectivity index (χ4v) is 5.17. The quantitative estimate of drug-likeness (QED) is 0.563. The van der Waals surface area contributed by atoms with Gasteiger partial charge in [0.2, 0.25) is 10.0 Å². The highest BCUT2D eigenvalue weighted by Gasteiger charge is 2.30. The fourth-order valence-electron chi connectivity index (χ4n) is 3.65. The van der Waals surface area contributed by atoms with Crippen LogP contribution in [0.4, 0.5) is 5.69 Å². The van der Waals surface area contributed by atoms with Gasteiger partial charge in [-0.25, -0.2) is 8.42 Å². The van der Waals surface area contributed by atoms with Crippen LogP contribution in [0.5, 0.6) is 0 Å². The summed E-state index contributed by atoms with van der Waals surface area (Å²) in [5.41, 5.74) is 0.640. The van der Waals surface area contributed by atoms with Crippen molar-refractivity contribution in [2.75, 3.05) is 51.6 Å². The first-order chi connectivity index (χ1) is 12.4. The van der Waals surface area contributed by atoms with E-state index < -0.39 is 10.0 Å². The van der Waals surface area contributed by atoms with Gasteiger partial charge in [0.25, 0.3) is 5.91 Å². The van der Waals surface area contributed by atoms with E-state index in [1.165, 1.54) is 14.1 Å². The van der Waals surface area contributed by atoms with E-state index in [0.29, 0.717) is 18.8 Å². The van der Waals surface area contributed by atoms with Crippen LogP contribution in [0.1, 0.15) is 19.8 Å². The molecule has 2 aliphatic heterocycles. The topological polar surface area (TPSA) is 75.4 Å². The number of piperazine rings is 1. The molecular formula is C18H30N4O3S+2. The number of nitrogens with zero attached hydrogens (tertiary/aromatic N) is 1. The van der Waals surface area contributed by atoms with Crippen LogP contribution in [0.15, 0.2) is 29.2 Å². The minimum absolute atomic E-state index is 0.0188. The van der Waals surface area contributed by atoms with E-state index in [1.807, 2.05) is 6.92 Å². The lowest BCUT2D eigenvalue weighted by molar-refractivity contribution is -1.01. The van der Waals surface area contributed by atoms with Gasteiger partial charge in [-0.1, -0.05) is 0 Å². The van der Waals surface area contributed by atoms with Crippen molar-refractivity contribution in [3.8, 4) is 0 Å². The number of hydrogen-bond acceptors (Lipinski definition) is 3. The molecule has 144 valence electrons. The molecule has 2 fully saturated rings. The number of sulfonamides is 1. The molecule has 2 aliphatic rings. The summed E-state index contributed by atoms with van der Waals surface area (Å²) in [5.74, 6) is -0.0188. The maximum Gasteiger partial charge on any atom is 0.282 e. The number of nitrogens with one attached hydrogen (secondary N) is 3. The van der Waals surface area contributed by atoms with E-state index in [-0.39, 0.29) is 16.8 Å². The Balaban J connectivity index is 1.61. The average Bonchev–Trinajstić information content (AvgIpc) is 3.18. The van der Waals surface area contributed by atoms with Crippen LogP contribution in [-0.2, 0) is 14.8 Å². The zero-order valence-electron chi connectivity index (χ0n) is 15.6. The third kappa shape index (κ3) is 4.25. The Kier molecular flexibility index (Phi) is 5.96. The molecule has 2 saturated heterocycles. The van der Waals surface area contributed by atoms with Gasteiger partial charge in [-0.2, -0.15) is 4.31 Å². The van der Waals surface area contributed by atoms with Gasteiger partial charge in [0.05, 0.1) is 11.9 Å². The van der Waals surface area contributed by atoms with Gasteiger partial charge in [-0.3, -0.25) is 4.79 Å². The van der Waals surface area contributed by atoms with Crippen LogP contribution >= 0.6 is 0 Å². The van der Waals surface area contributed by atoms with Gasteiger partial charge in [0.15, 0.2) is 6.04 Å². The molecule has 1 atom stereocenters. The Bertz CT molecular complexity index is 721. The Morgan fingerprint density at radius 1 is 1.08 bits per heavy atom. The third-order valence-corrected chi connectivity index (χ3v) is 7.49. The molecule has 1 aromatic rings. The lowest BCUT2D eigenvalue weighted by Gasteiger charge is -2.30. The first-order valence-corrected chi connectivity index (χ1v) is 10.9. The van der Waals surface area contributed by atoms with Crippen LogP contribution in [0.2, 0.25) is 0 Å². The number of quaternary nitrogens is 2. The lowest BCUT2D eigenvalue weighted by Crippen LogP contribution is -3.29. The summed E-state index contributed by atoms with van der Waals surface area (Å²) < 4.78 is 26.6. The van der Waals surface area contributed by atoms with Gasteiger partial charge >= 0.3 is 0 Å². The molecule has 0 radical (unpaired) electrons. The van der Waals surface area contributed by atoms with Crippen LogP contribution in [0.25, 0.3) is 0 Å². The van der Waals surface area contributed by atoms with Crippen molar-refractivity contribution in [1.82, 2.24) is 4.31 Å². The van der Waals surface area contributed by atoms with Crippen LogP contribution in [0.3, 0.4) is 0 Å². The number of carbonyl (C=O) groups excluding carboxylic acids is 1. The monoisotopic (exact) mass is 382 g/mol. The van der Waals surface area contributed by atoms with E-state index >= 15 is 0 Å². The molecule has 3 N–H and O–H groups in total. The highest BCUT2D eigenvalue weighted by molar-refractivity contribution is 7.89. The predicted molar refractivity (Wildman–Crippen MR) is 99.8 cm³/mol. The van der Waals surface area contributed by atoms with E-state index in [9.17, 15) is 13.2 Å². The number of benzene rings is 1. The molecule has 7 nitrogen and oxygen atoms in total. The molecule has 8 heteroatoms. The minimum Gasteiger partial charge on any atom is -0.328 e. The van der Waals surface area contributed by atoms with Crippen molar-refractivity contribution < 1.29 is 23.0 Å². The molecule has 1 amide bonds. The number of likely N-dealkylation sites (N-methyl/N-ethyl adjacent to an activating group) is 1. The SMILES string of the molecule is C[C@@H](C(=O)Nc1ccc(S(=O)(=O)N2CCCC2)cc1)[NH+]1CC[NH+](C)CC1. The first kappa shape index (κ1) is 19.3. The summed E-state index contributed by atoms with van der Waals surface area (Å²) in [4.78, 5) is 15.6. The minimum atomic E-state index is -3.41. The summed E-state index contributed by atoms with van der Waals surface area (Å²) in [5, 5.41) is 2.92. The maximum atomic E-state index is 12.5. The number of anilines is 1. The van der Waals surface area contributed by atoms with Crippen molar-refractivity contribution >= 4 is 21.6 Å². The van der Waals surface area contributed by atoms with Gasteiger partial charge in [0.1, 0.15) is 26.2 Å². The molecular weight excluding hydrogens is 352 g/mol. The normalized spacial score (nSPS) is 25.8. The number of rotatable bonds is 5. The summed E-state index contributed by atoms with van der Waals surface area (Å²) in [6, 6.07) is 6.41. The summed E-state index contributed by atoms with van der Waals surface area (Å²) in [7, 11) is -1.23. The van der Waals surface area contributed by atoms with Gasteiger partial charge in [-0.05, 0) is 44.0 Å². The molecule has 0 unspecified atom stereocenters. The number of carbonyl (C=O) groups is 1. The van der Waals surface area contributed by atoms with E-state index in [0.717, 1.165) is 39.0 Å². The second kappa shape index (κ2) is 8.04. The van der Waals surface area contributed by atoms with Gasteiger partial charge < -0.3 is 15.1 Å². The summed E-state index contributed by atoms with van der Waals surface area (Å²) in [6.07, 6.45) is 1.84. The zero-order chi connectivity index (χ0) is 18.7. The van der Waals surface area contributed by atoms with Crippen LogP contribution in [0, 0.1) is 0 Å². The maximum absolute atomic E-state index is 12.5. The van der Waals surface area contributed by atoms with Crippen molar-refractivity contribution in [1.29, 1.82) is 0 Å². The molecule has 26 heavy (non-hydrogen) atoms. The van der Waals surface area contributed by atoms with Crippen molar-refractivity contribution in [2.45, 2.75) is 30.7 Å². The van der Waals surface area contributed by atoms with Gasteiger partial charge in [0, 0.05) is 18.8 Å². The third-order valence-electron chi connectivity index (χ3n) is 5.58. The Morgan fingerprint density at radius 3 is 2.23 bits per heavy atom. The number of hydrogen-bond donors (Lipinski definition) is 3. The van der Waals surface area contributed by atoms with E-state index in [2.05, 4.69) is 12.4 Å². The van der Waals surface area contributed by atoms with Crippen LogP contribution < -0.4 is 15.1 Å². The molecule has 0 bridgehead atoms. The lowest BCUT2D eigenvalue weighted by atomic mass is 10.2. The highest BCUT2D eigenvalue weighted by Crippen LogP contribution is 2.22. The molecule has 0 spiro atoms. The molecule has 0 saturated carbocycles. The fraction of sp³-hybridized carbons (Fsp3) is 0.611. The smallest absolute Gasteiger partial charge is 0.282 e. The molecule has 0 aliphatic carbocycles. The summed E-state index contributed by atoms with van der Waals surface area (Å²) in [6.45, 7) is 7.28.